The molecule has 1 heterocycles. The van der Waals surface area contributed by atoms with Crippen LogP contribution in [0.4, 0.5) is 0 Å². The molecular weight excluding hydrogens is 234 g/mol. The maximum Gasteiger partial charge on any atom is 0.109 e. The van der Waals surface area contributed by atoms with Gasteiger partial charge < -0.3 is 9.88 Å². The summed E-state index contributed by atoms with van der Waals surface area (Å²) in [5.41, 5.74) is 0.552. The van der Waals surface area contributed by atoms with Crippen LogP contribution in [-0.4, -0.2) is 22.1 Å². The molecule has 0 amide bonds. The SMILES string of the molecule is CCNC(Cc1nccn1C)C1CCC(C)(C)CC1. The smallest absolute Gasteiger partial charge is 0.109 e. The van der Waals surface area contributed by atoms with Crippen LogP contribution < -0.4 is 5.32 Å². The molecule has 1 fully saturated rings. The molecule has 0 spiro atoms. The fourth-order valence-corrected chi connectivity index (χ4v) is 3.28. The number of likely N-dealkylation sites (N-methyl/N-ethyl adjacent to an activating group) is 1. The lowest BCUT2D eigenvalue weighted by molar-refractivity contribution is 0.160. The Morgan fingerprint density at radius 3 is 2.63 bits per heavy atom. The van der Waals surface area contributed by atoms with E-state index in [9.17, 15) is 0 Å². The summed E-state index contributed by atoms with van der Waals surface area (Å²) in [4.78, 5) is 4.48. The maximum atomic E-state index is 4.48. The van der Waals surface area contributed by atoms with E-state index in [-0.39, 0.29) is 0 Å². The first-order chi connectivity index (χ1) is 9.02. The summed E-state index contributed by atoms with van der Waals surface area (Å²) in [6.07, 6.45) is 10.4. The van der Waals surface area contributed by atoms with Crippen molar-refractivity contribution in [3.8, 4) is 0 Å². The Labute approximate surface area is 117 Å². The molecule has 3 heteroatoms. The second kappa shape index (κ2) is 6.08. The van der Waals surface area contributed by atoms with Crippen molar-refractivity contribution in [2.75, 3.05) is 6.54 Å². The third-order valence-corrected chi connectivity index (χ3v) is 4.74. The van der Waals surface area contributed by atoms with E-state index in [2.05, 4.69) is 42.7 Å². The third kappa shape index (κ3) is 3.82. The van der Waals surface area contributed by atoms with Crippen LogP contribution >= 0.6 is 0 Å². The molecule has 1 aliphatic carbocycles. The van der Waals surface area contributed by atoms with Crippen LogP contribution in [0.25, 0.3) is 0 Å². The molecule has 0 aliphatic heterocycles. The van der Waals surface area contributed by atoms with Crippen molar-refractivity contribution in [1.29, 1.82) is 0 Å². The van der Waals surface area contributed by atoms with Crippen LogP contribution in [0.3, 0.4) is 0 Å². The molecule has 3 nitrogen and oxygen atoms in total. The molecule has 1 N–H and O–H groups in total. The number of hydrogen-bond acceptors (Lipinski definition) is 2. The number of rotatable bonds is 5. The molecule has 1 saturated carbocycles. The summed E-state index contributed by atoms with van der Waals surface area (Å²) in [6.45, 7) is 8.07. The number of aryl methyl sites for hydroxylation is 1. The molecule has 108 valence electrons. The molecule has 1 aromatic rings. The van der Waals surface area contributed by atoms with Crippen molar-refractivity contribution < 1.29 is 0 Å². The first-order valence-electron chi connectivity index (χ1n) is 7.71. The second-order valence-electron chi connectivity index (χ2n) is 6.82. The second-order valence-corrected chi connectivity index (χ2v) is 6.82. The standard InChI is InChI=1S/C16H29N3/c1-5-17-14(12-15-18-10-11-19(15)4)13-6-8-16(2,3)9-7-13/h10-11,13-14,17H,5-9,12H2,1-4H3. The largest absolute Gasteiger partial charge is 0.338 e. The number of aromatic nitrogens is 2. The van der Waals surface area contributed by atoms with Crippen LogP contribution in [0.15, 0.2) is 12.4 Å². The van der Waals surface area contributed by atoms with Crippen molar-refractivity contribution in [1.82, 2.24) is 14.9 Å². The normalized spacial score (nSPS) is 21.5. The van der Waals surface area contributed by atoms with Gasteiger partial charge in [0.2, 0.25) is 0 Å². The predicted molar refractivity (Wildman–Crippen MR) is 80.1 cm³/mol. The first kappa shape index (κ1) is 14.6. The maximum absolute atomic E-state index is 4.48. The monoisotopic (exact) mass is 263 g/mol. The van der Waals surface area contributed by atoms with E-state index in [1.807, 2.05) is 12.4 Å². The van der Waals surface area contributed by atoms with Crippen molar-refractivity contribution in [2.45, 2.75) is 58.9 Å². The highest BCUT2D eigenvalue weighted by Gasteiger charge is 2.31. The van der Waals surface area contributed by atoms with Crippen LogP contribution in [0.5, 0.6) is 0 Å². The first-order valence-corrected chi connectivity index (χ1v) is 7.71. The Morgan fingerprint density at radius 2 is 2.11 bits per heavy atom. The van der Waals surface area contributed by atoms with Gasteiger partial charge >= 0.3 is 0 Å². The molecule has 1 aliphatic rings. The average Bonchev–Trinajstić information content (AvgIpc) is 2.75. The molecule has 1 atom stereocenters. The summed E-state index contributed by atoms with van der Waals surface area (Å²) >= 11 is 0. The van der Waals surface area contributed by atoms with Crippen molar-refractivity contribution in [3.63, 3.8) is 0 Å². The number of hydrogen-bond donors (Lipinski definition) is 1. The highest BCUT2D eigenvalue weighted by molar-refractivity contribution is 4.97. The van der Waals surface area contributed by atoms with Crippen molar-refractivity contribution in [3.05, 3.63) is 18.2 Å². The third-order valence-electron chi connectivity index (χ3n) is 4.74. The van der Waals surface area contributed by atoms with Crippen LogP contribution in [0, 0.1) is 11.3 Å². The molecule has 1 aromatic heterocycles. The van der Waals surface area contributed by atoms with Gasteiger partial charge in [0.15, 0.2) is 0 Å². The average molecular weight is 263 g/mol. The van der Waals surface area contributed by atoms with E-state index in [0.29, 0.717) is 11.5 Å². The van der Waals surface area contributed by atoms with E-state index < -0.39 is 0 Å². The topological polar surface area (TPSA) is 29.9 Å². The highest BCUT2D eigenvalue weighted by atomic mass is 15.0. The summed E-state index contributed by atoms with van der Waals surface area (Å²) < 4.78 is 2.15. The zero-order valence-corrected chi connectivity index (χ0v) is 12.9. The lowest BCUT2D eigenvalue weighted by Gasteiger charge is -2.38. The van der Waals surface area contributed by atoms with Gasteiger partial charge in [0, 0.05) is 31.9 Å². The minimum atomic E-state index is 0.552. The summed E-state index contributed by atoms with van der Waals surface area (Å²) in [5.74, 6) is 2.01. The van der Waals surface area contributed by atoms with Gasteiger partial charge in [-0.25, -0.2) is 4.98 Å². The summed E-state index contributed by atoms with van der Waals surface area (Å²) in [7, 11) is 2.09. The van der Waals surface area contributed by atoms with Crippen molar-refractivity contribution in [2.24, 2.45) is 18.4 Å². The van der Waals surface area contributed by atoms with E-state index >= 15 is 0 Å². The highest BCUT2D eigenvalue weighted by Crippen LogP contribution is 2.39. The van der Waals surface area contributed by atoms with Crippen molar-refractivity contribution >= 4 is 0 Å². The van der Waals surface area contributed by atoms with E-state index in [4.69, 9.17) is 0 Å². The molecule has 1 unspecified atom stereocenters. The zero-order chi connectivity index (χ0) is 13.9. The molecular formula is C16H29N3. The molecule has 0 aromatic carbocycles. The van der Waals surface area contributed by atoms with Crippen LogP contribution in [0.1, 0.15) is 52.3 Å². The van der Waals surface area contributed by atoms with Gasteiger partial charge in [-0.05, 0) is 43.6 Å². The summed E-state index contributed by atoms with van der Waals surface area (Å²) in [6, 6.07) is 0.585. The zero-order valence-electron chi connectivity index (χ0n) is 12.9. The van der Waals surface area contributed by atoms with E-state index in [0.717, 1.165) is 18.9 Å². The molecule has 0 bridgehead atoms. The lowest BCUT2D eigenvalue weighted by atomic mass is 9.70. The van der Waals surface area contributed by atoms with Crippen LogP contribution in [0.2, 0.25) is 0 Å². The van der Waals surface area contributed by atoms with Gasteiger partial charge in [-0.1, -0.05) is 20.8 Å². The molecule has 2 rings (SSSR count). The van der Waals surface area contributed by atoms with E-state index in [1.165, 1.54) is 31.5 Å². The minimum absolute atomic E-state index is 0.552. The number of nitrogens with zero attached hydrogens (tertiary/aromatic N) is 2. The summed E-state index contributed by atoms with van der Waals surface area (Å²) in [5, 5.41) is 3.69. The predicted octanol–water partition coefficient (Wildman–Crippen LogP) is 3.16. The Hall–Kier alpha value is -0.830. The van der Waals surface area contributed by atoms with Crippen LogP contribution in [-0.2, 0) is 13.5 Å². The van der Waals surface area contributed by atoms with E-state index in [1.54, 1.807) is 0 Å². The fourth-order valence-electron chi connectivity index (χ4n) is 3.28. The fraction of sp³-hybridized carbons (Fsp3) is 0.812. The molecule has 19 heavy (non-hydrogen) atoms. The minimum Gasteiger partial charge on any atom is -0.338 e. The Kier molecular flexibility index (Phi) is 4.67. The lowest BCUT2D eigenvalue weighted by Crippen LogP contribution is -2.41. The van der Waals surface area contributed by atoms with Gasteiger partial charge in [0.1, 0.15) is 5.82 Å². The van der Waals surface area contributed by atoms with Gasteiger partial charge in [0.05, 0.1) is 0 Å². The molecule has 0 saturated heterocycles. The quantitative estimate of drug-likeness (QED) is 0.884. The Bertz CT molecular complexity index is 384. The Morgan fingerprint density at radius 1 is 1.42 bits per heavy atom. The van der Waals surface area contributed by atoms with Gasteiger partial charge in [0.25, 0.3) is 0 Å². The molecule has 0 radical (unpaired) electrons. The number of imidazole rings is 1. The van der Waals surface area contributed by atoms with Gasteiger partial charge in [-0.15, -0.1) is 0 Å². The number of nitrogens with one attached hydrogen (secondary N) is 1. The Balaban J connectivity index is 1.98. The van der Waals surface area contributed by atoms with Gasteiger partial charge in [-0.2, -0.15) is 0 Å². The van der Waals surface area contributed by atoms with Gasteiger partial charge in [-0.3, -0.25) is 0 Å².